The first-order chi connectivity index (χ1) is 14.2. The third-order valence-corrected chi connectivity index (χ3v) is 6.34. The lowest BCUT2D eigenvalue weighted by Gasteiger charge is -2.07. The Hall–Kier alpha value is -3.12. The zero-order valence-electron chi connectivity index (χ0n) is 16.1. The van der Waals surface area contributed by atoms with Crippen molar-refractivity contribution in [3.05, 3.63) is 75.5 Å². The van der Waals surface area contributed by atoms with Crippen molar-refractivity contribution in [1.29, 1.82) is 0 Å². The van der Waals surface area contributed by atoms with E-state index in [0.29, 0.717) is 17.4 Å². The van der Waals surface area contributed by atoms with E-state index < -0.39 is 0 Å². The molecule has 0 radical (unpaired) electrons. The minimum atomic E-state index is -0.155. The van der Waals surface area contributed by atoms with Gasteiger partial charge in [0, 0.05) is 12.6 Å². The van der Waals surface area contributed by atoms with E-state index in [4.69, 9.17) is 4.74 Å². The van der Waals surface area contributed by atoms with Crippen LogP contribution in [0.15, 0.2) is 53.9 Å². The van der Waals surface area contributed by atoms with Crippen molar-refractivity contribution in [3.8, 4) is 5.75 Å². The Balaban J connectivity index is 1.25. The first-order valence-corrected chi connectivity index (χ1v) is 10.6. The second kappa shape index (κ2) is 7.37. The highest BCUT2D eigenvalue weighted by Gasteiger charge is 2.15. The molecular formula is C23H21N3O2S. The Morgan fingerprint density at radius 1 is 1.17 bits per heavy atom. The summed E-state index contributed by atoms with van der Waals surface area (Å²) in [5.41, 5.74) is 5.67. The number of carbonyl (C=O) groups excluding carboxylic acids is 1. The zero-order chi connectivity index (χ0) is 19.8. The number of ether oxygens (including phenoxy) is 1. The Labute approximate surface area is 173 Å². The number of amides is 1. The molecule has 5 rings (SSSR count). The van der Waals surface area contributed by atoms with E-state index >= 15 is 0 Å². The maximum Gasteiger partial charge on any atom is 0.268 e. The summed E-state index contributed by atoms with van der Waals surface area (Å²) < 4.78 is 7.83. The molecule has 1 amide bonds. The fraction of sp³-hybridized carbons (Fsp3) is 0.217. The van der Waals surface area contributed by atoms with E-state index in [2.05, 4.69) is 22.4 Å². The molecule has 0 bridgehead atoms. The molecule has 0 aliphatic heterocycles. The number of rotatable bonds is 5. The van der Waals surface area contributed by atoms with Crippen molar-refractivity contribution in [3.63, 3.8) is 0 Å². The first kappa shape index (κ1) is 17.9. The molecule has 0 fully saturated rings. The number of imidazole rings is 1. The third-order valence-electron chi connectivity index (χ3n) is 5.37. The number of fused-ring (bicyclic) bond motifs is 2. The van der Waals surface area contributed by atoms with Crippen LogP contribution >= 0.6 is 11.3 Å². The molecule has 2 aromatic carbocycles. The summed E-state index contributed by atoms with van der Waals surface area (Å²) in [6.07, 6.45) is 3.54. The van der Waals surface area contributed by atoms with Crippen molar-refractivity contribution < 1.29 is 9.53 Å². The van der Waals surface area contributed by atoms with Gasteiger partial charge in [-0.05, 0) is 66.1 Å². The van der Waals surface area contributed by atoms with Crippen LogP contribution in [0.25, 0.3) is 11.0 Å². The van der Waals surface area contributed by atoms with Crippen LogP contribution in [0.2, 0.25) is 0 Å². The zero-order valence-corrected chi connectivity index (χ0v) is 17.0. The van der Waals surface area contributed by atoms with E-state index in [-0.39, 0.29) is 5.91 Å². The molecule has 0 unspecified atom stereocenters. The maximum absolute atomic E-state index is 12.7. The van der Waals surface area contributed by atoms with Gasteiger partial charge in [-0.15, -0.1) is 11.3 Å². The van der Waals surface area contributed by atoms with Crippen LogP contribution in [0.4, 0.5) is 5.95 Å². The van der Waals surface area contributed by atoms with Gasteiger partial charge >= 0.3 is 0 Å². The molecule has 1 aliphatic carbocycles. The van der Waals surface area contributed by atoms with Crippen LogP contribution in [0.5, 0.6) is 5.75 Å². The summed E-state index contributed by atoms with van der Waals surface area (Å²) in [6, 6.07) is 16.1. The van der Waals surface area contributed by atoms with Gasteiger partial charge in [0.15, 0.2) is 0 Å². The Morgan fingerprint density at radius 2 is 2.03 bits per heavy atom. The quantitative estimate of drug-likeness (QED) is 0.513. The van der Waals surface area contributed by atoms with Gasteiger partial charge in [-0.3, -0.25) is 10.1 Å². The average Bonchev–Trinajstić information content (AvgIpc) is 3.46. The molecule has 1 aliphatic rings. The largest absolute Gasteiger partial charge is 0.489 e. The Bertz CT molecular complexity index is 1210. The highest BCUT2D eigenvalue weighted by molar-refractivity contribution is 7.12. The van der Waals surface area contributed by atoms with E-state index in [0.717, 1.165) is 28.8 Å². The molecule has 146 valence electrons. The number of carbonyl (C=O) groups is 1. The molecule has 0 atom stereocenters. The first-order valence-electron chi connectivity index (χ1n) is 9.72. The van der Waals surface area contributed by atoms with Gasteiger partial charge < -0.3 is 9.30 Å². The SMILES string of the molecule is Cn1c(NC(=O)c2cc(COc3ccc4c(c3)CCC4)cs2)nc2ccccc21. The van der Waals surface area contributed by atoms with Crippen molar-refractivity contribution in [2.24, 2.45) is 7.05 Å². The molecule has 1 N–H and O–H groups in total. The number of para-hydroxylation sites is 2. The lowest BCUT2D eigenvalue weighted by molar-refractivity contribution is 0.102. The van der Waals surface area contributed by atoms with E-state index in [1.165, 1.54) is 35.3 Å². The van der Waals surface area contributed by atoms with Crippen molar-refractivity contribution in [2.75, 3.05) is 5.32 Å². The number of thiophene rings is 1. The normalized spacial score (nSPS) is 12.9. The van der Waals surface area contributed by atoms with Crippen molar-refractivity contribution >= 4 is 34.2 Å². The summed E-state index contributed by atoms with van der Waals surface area (Å²) in [5.74, 6) is 1.28. The molecule has 0 saturated carbocycles. The van der Waals surface area contributed by atoms with E-state index in [9.17, 15) is 4.79 Å². The highest BCUT2D eigenvalue weighted by Crippen LogP contribution is 2.27. The highest BCUT2D eigenvalue weighted by atomic mass is 32.1. The van der Waals surface area contributed by atoms with Gasteiger partial charge in [-0.2, -0.15) is 0 Å². The summed E-state index contributed by atoms with van der Waals surface area (Å²) >= 11 is 1.42. The van der Waals surface area contributed by atoms with Crippen LogP contribution in [-0.4, -0.2) is 15.5 Å². The minimum absolute atomic E-state index is 0.155. The fourth-order valence-electron chi connectivity index (χ4n) is 3.80. The second-order valence-corrected chi connectivity index (χ2v) is 8.24. The number of nitrogens with zero attached hydrogens (tertiary/aromatic N) is 2. The summed E-state index contributed by atoms with van der Waals surface area (Å²) in [6.45, 7) is 0.453. The molecule has 6 heteroatoms. The average molecular weight is 404 g/mol. The van der Waals surface area contributed by atoms with Gasteiger partial charge in [0.1, 0.15) is 12.4 Å². The molecule has 2 aromatic heterocycles. The summed E-state index contributed by atoms with van der Waals surface area (Å²) in [5, 5.41) is 4.88. The van der Waals surface area contributed by atoms with Crippen molar-refractivity contribution in [2.45, 2.75) is 25.9 Å². The topological polar surface area (TPSA) is 56.2 Å². The third kappa shape index (κ3) is 3.51. The van der Waals surface area contributed by atoms with E-state index in [1.807, 2.05) is 53.4 Å². The number of hydrogen-bond donors (Lipinski definition) is 1. The minimum Gasteiger partial charge on any atom is -0.489 e. The number of aromatic nitrogens is 2. The molecule has 29 heavy (non-hydrogen) atoms. The number of hydrogen-bond acceptors (Lipinski definition) is 4. The smallest absolute Gasteiger partial charge is 0.268 e. The molecule has 0 spiro atoms. The second-order valence-electron chi connectivity index (χ2n) is 7.33. The molecule has 5 nitrogen and oxygen atoms in total. The Morgan fingerprint density at radius 3 is 2.93 bits per heavy atom. The van der Waals surface area contributed by atoms with Gasteiger partial charge in [-0.25, -0.2) is 4.98 Å². The van der Waals surface area contributed by atoms with Gasteiger partial charge in [0.25, 0.3) is 5.91 Å². The Kier molecular flexibility index (Phi) is 4.56. The van der Waals surface area contributed by atoms with Gasteiger partial charge in [-0.1, -0.05) is 18.2 Å². The lowest BCUT2D eigenvalue weighted by atomic mass is 10.1. The number of anilines is 1. The number of nitrogens with one attached hydrogen (secondary N) is 1. The molecule has 0 saturated heterocycles. The maximum atomic E-state index is 12.7. The van der Waals surface area contributed by atoms with E-state index in [1.54, 1.807) is 0 Å². The number of aryl methyl sites for hydroxylation is 3. The monoisotopic (exact) mass is 403 g/mol. The predicted octanol–water partition coefficient (Wildman–Crippen LogP) is 4.95. The van der Waals surface area contributed by atoms with Gasteiger partial charge in [0.2, 0.25) is 5.95 Å². The van der Waals surface area contributed by atoms with Crippen LogP contribution < -0.4 is 10.1 Å². The van der Waals surface area contributed by atoms with Crippen LogP contribution in [-0.2, 0) is 26.5 Å². The summed E-state index contributed by atoms with van der Waals surface area (Å²) in [7, 11) is 1.90. The summed E-state index contributed by atoms with van der Waals surface area (Å²) in [4.78, 5) is 17.8. The fourth-order valence-corrected chi connectivity index (χ4v) is 4.59. The van der Waals surface area contributed by atoms with Gasteiger partial charge in [0.05, 0.1) is 15.9 Å². The standard InChI is InChI=1S/C23H21N3O2S/c1-26-20-8-3-2-7-19(20)24-23(26)25-22(27)21-11-15(14-29-21)13-28-18-10-9-16-5-4-6-17(16)12-18/h2-3,7-12,14H,4-6,13H2,1H3,(H,24,25,27). The number of benzene rings is 2. The lowest BCUT2D eigenvalue weighted by Crippen LogP contribution is -2.13. The van der Waals surface area contributed by atoms with Crippen LogP contribution in [0, 0.1) is 0 Å². The molecule has 4 aromatic rings. The van der Waals surface area contributed by atoms with Crippen molar-refractivity contribution in [1.82, 2.24) is 9.55 Å². The molecule has 2 heterocycles. The predicted molar refractivity (Wildman–Crippen MR) is 116 cm³/mol. The molecular weight excluding hydrogens is 382 g/mol. The van der Waals surface area contributed by atoms with Crippen LogP contribution in [0.1, 0.15) is 32.8 Å². The van der Waals surface area contributed by atoms with Crippen LogP contribution in [0.3, 0.4) is 0 Å².